The molecule has 0 saturated carbocycles. The van der Waals surface area contributed by atoms with Gasteiger partial charge in [0.15, 0.2) is 6.10 Å². The molecule has 0 radical (unpaired) electrons. The van der Waals surface area contributed by atoms with Gasteiger partial charge in [0.25, 0.3) is 17.5 Å². The fraction of sp³-hybridized carbons (Fsp3) is 0.222. The third-order valence-corrected chi connectivity index (χ3v) is 3.74. The van der Waals surface area contributed by atoms with Crippen molar-refractivity contribution in [2.75, 3.05) is 5.32 Å². The highest BCUT2D eigenvalue weighted by atomic mass is 16.5. The van der Waals surface area contributed by atoms with Crippen LogP contribution in [-0.4, -0.2) is 37.6 Å². The molecule has 0 fully saturated rings. The summed E-state index contributed by atoms with van der Waals surface area (Å²) in [4.78, 5) is 32.7. The number of aromatic nitrogens is 4. The Morgan fingerprint density at radius 3 is 2.59 bits per heavy atom. The van der Waals surface area contributed by atoms with E-state index in [1.165, 1.54) is 11.4 Å². The number of nitrogens with zero attached hydrogens (tertiary/aromatic N) is 5. The molecule has 0 bridgehead atoms. The van der Waals surface area contributed by atoms with E-state index in [4.69, 9.17) is 10.00 Å². The number of benzene rings is 1. The number of hydrogen-bond acceptors (Lipinski definition) is 7. The van der Waals surface area contributed by atoms with Crippen molar-refractivity contribution < 1.29 is 14.3 Å². The number of aryl methyl sites for hydroxylation is 2. The largest absolute Gasteiger partial charge is 0.447 e. The number of rotatable bonds is 4. The monoisotopic (exact) mass is 364 g/mol. The first-order valence-electron chi connectivity index (χ1n) is 8.10. The lowest BCUT2D eigenvalue weighted by Gasteiger charge is -2.12. The van der Waals surface area contributed by atoms with Crippen LogP contribution in [0, 0.1) is 25.2 Å². The second-order valence-electron chi connectivity index (χ2n) is 5.91. The molecule has 0 unspecified atom stereocenters. The number of ether oxygens (including phenoxy) is 1. The summed E-state index contributed by atoms with van der Waals surface area (Å²) in [5.41, 5.74) is 2.49. The van der Waals surface area contributed by atoms with Crippen molar-refractivity contribution in [1.29, 1.82) is 5.26 Å². The molecule has 27 heavy (non-hydrogen) atoms. The first kappa shape index (κ1) is 18.0. The van der Waals surface area contributed by atoms with Gasteiger partial charge in [-0.15, -0.1) is 5.10 Å². The van der Waals surface area contributed by atoms with Gasteiger partial charge >= 0.3 is 5.97 Å². The highest BCUT2D eigenvalue weighted by molar-refractivity contribution is 5.96. The zero-order chi connectivity index (χ0) is 19.6. The summed E-state index contributed by atoms with van der Waals surface area (Å²) in [6.45, 7) is 5.08. The van der Waals surface area contributed by atoms with Crippen molar-refractivity contribution in [1.82, 2.24) is 19.6 Å². The lowest BCUT2D eigenvalue weighted by Crippen LogP contribution is -2.30. The van der Waals surface area contributed by atoms with Crippen molar-refractivity contribution in [2.45, 2.75) is 26.9 Å². The zero-order valence-electron chi connectivity index (χ0n) is 14.9. The fourth-order valence-corrected chi connectivity index (χ4v) is 2.39. The van der Waals surface area contributed by atoms with Gasteiger partial charge in [0, 0.05) is 17.1 Å². The average Bonchev–Trinajstić information content (AvgIpc) is 3.06. The zero-order valence-corrected chi connectivity index (χ0v) is 14.9. The van der Waals surface area contributed by atoms with Crippen molar-refractivity contribution in [3.63, 3.8) is 0 Å². The van der Waals surface area contributed by atoms with Crippen molar-refractivity contribution in [2.24, 2.45) is 0 Å². The van der Waals surface area contributed by atoms with E-state index in [1.54, 1.807) is 24.3 Å². The number of esters is 1. The van der Waals surface area contributed by atoms with Crippen molar-refractivity contribution >= 4 is 23.3 Å². The van der Waals surface area contributed by atoms with Gasteiger partial charge in [0.2, 0.25) is 0 Å². The maximum Gasteiger partial charge on any atom is 0.379 e. The SMILES string of the molecule is Cc1cc(C)n2nc(C(=O)O[C@H](C)C(=O)Nc3ccc(C#N)cc3)nc2n1. The number of amides is 1. The Bertz CT molecular complexity index is 1070. The maximum absolute atomic E-state index is 12.3. The molecule has 0 aliphatic rings. The normalized spacial score (nSPS) is 11.6. The molecule has 1 N–H and O–H groups in total. The molecule has 1 amide bonds. The molecule has 2 heterocycles. The lowest BCUT2D eigenvalue weighted by molar-refractivity contribution is -0.123. The average molecular weight is 364 g/mol. The summed E-state index contributed by atoms with van der Waals surface area (Å²) in [6, 6.07) is 10.1. The van der Waals surface area contributed by atoms with Gasteiger partial charge in [0.1, 0.15) is 0 Å². The van der Waals surface area contributed by atoms with E-state index in [2.05, 4.69) is 20.4 Å². The second kappa shape index (κ2) is 7.21. The lowest BCUT2D eigenvalue weighted by atomic mass is 10.2. The molecule has 0 aliphatic heterocycles. The van der Waals surface area contributed by atoms with Crippen LogP contribution in [0.25, 0.3) is 5.78 Å². The van der Waals surface area contributed by atoms with E-state index in [0.29, 0.717) is 11.3 Å². The summed E-state index contributed by atoms with van der Waals surface area (Å²) in [6.07, 6.45) is -1.06. The number of anilines is 1. The minimum Gasteiger partial charge on any atom is -0.447 e. The van der Waals surface area contributed by atoms with Crippen LogP contribution in [-0.2, 0) is 9.53 Å². The predicted octanol–water partition coefficient (Wildman–Crippen LogP) is 1.80. The number of hydrogen-bond donors (Lipinski definition) is 1. The Labute approximate surface area is 154 Å². The third-order valence-electron chi connectivity index (χ3n) is 3.74. The minimum atomic E-state index is -1.06. The Hall–Kier alpha value is -3.80. The summed E-state index contributed by atoms with van der Waals surface area (Å²) < 4.78 is 6.58. The van der Waals surface area contributed by atoms with Gasteiger partial charge in [-0.25, -0.2) is 14.3 Å². The maximum atomic E-state index is 12.3. The highest BCUT2D eigenvalue weighted by Crippen LogP contribution is 2.11. The van der Waals surface area contributed by atoms with Crippen LogP contribution < -0.4 is 5.32 Å². The van der Waals surface area contributed by atoms with Crippen LogP contribution in [0.1, 0.15) is 34.5 Å². The molecule has 0 saturated heterocycles. The first-order chi connectivity index (χ1) is 12.9. The van der Waals surface area contributed by atoms with E-state index in [0.717, 1.165) is 11.4 Å². The van der Waals surface area contributed by atoms with Crippen LogP contribution in [0.5, 0.6) is 0 Å². The topological polar surface area (TPSA) is 122 Å². The second-order valence-corrected chi connectivity index (χ2v) is 5.91. The van der Waals surface area contributed by atoms with Gasteiger partial charge in [-0.05, 0) is 51.1 Å². The Balaban J connectivity index is 1.68. The molecule has 136 valence electrons. The van der Waals surface area contributed by atoms with Crippen molar-refractivity contribution in [3.8, 4) is 6.07 Å². The molecule has 3 aromatic rings. The van der Waals surface area contributed by atoms with Gasteiger partial charge in [-0.3, -0.25) is 4.79 Å². The molecule has 1 aromatic carbocycles. The Morgan fingerprint density at radius 2 is 1.93 bits per heavy atom. The van der Waals surface area contributed by atoms with Gasteiger partial charge < -0.3 is 10.1 Å². The summed E-state index contributed by atoms with van der Waals surface area (Å²) in [7, 11) is 0. The molecule has 3 rings (SSSR count). The van der Waals surface area contributed by atoms with E-state index >= 15 is 0 Å². The van der Waals surface area contributed by atoms with E-state index in [9.17, 15) is 9.59 Å². The quantitative estimate of drug-likeness (QED) is 0.700. The number of nitrogens with one attached hydrogen (secondary N) is 1. The van der Waals surface area contributed by atoms with Crippen LogP contribution in [0.3, 0.4) is 0 Å². The number of fused-ring (bicyclic) bond motifs is 1. The third kappa shape index (κ3) is 3.90. The molecule has 9 nitrogen and oxygen atoms in total. The first-order valence-corrected chi connectivity index (χ1v) is 8.10. The predicted molar refractivity (Wildman–Crippen MR) is 94.9 cm³/mol. The number of carbonyl (C=O) groups is 2. The minimum absolute atomic E-state index is 0.172. The van der Waals surface area contributed by atoms with Gasteiger partial charge in [-0.2, -0.15) is 10.2 Å². The van der Waals surface area contributed by atoms with Crippen LogP contribution in [0.2, 0.25) is 0 Å². The smallest absolute Gasteiger partial charge is 0.379 e. The Morgan fingerprint density at radius 1 is 1.22 bits per heavy atom. The van der Waals surface area contributed by atoms with Gasteiger partial charge in [-0.1, -0.05) is 0 Å². The number of carbonyl (C=O) groups excluding carboxylic acids is 2. The fourth-order valence-electron chi connectivity index (χ4n) is 2.39. The standard InChI is InChI=1S/C18H16N6O3/c1-10-8-11(2)24-18(20-10)22-15(23-24)17(26)27-12(3)16(25)21-14-6-4-13(9-19)5-7-14/h4-8,12H,1-3H3,(H,21,25)/t12-/m1/s1. The van der Waals surface area contributed by atoms with Crippen LogP contribution >= 0.6 is 0 Å². The highest BCUT2D eigenvalue weighted by Gasteiger charge is 2.23. The summed E-state index contributed by atoms with van der Waals surface area (Å²) in [5.74, 6) is -1.22. The van der Waals surface area contributed by atoms with E-state index in [1.807, 2.05) is 26.0 Å². The molecule has 9 heteroatoms. The molecule has 0 aliphatic carbocycles. The molecular formula is C18H16N6O3. The molecular weight excluding hydrogens is 348 g/mol. The van der Waals surface area contributed by atoms with Crippen LogP contribution in [0.4, 0.5) is 5.69 Å². The van der Waals surface area contributed by atoms with Crippen LogP contribution in [0.15, 0.2) is 30.3 Å². The van der Waals surface area contributed by atoms with Crippen molar-refractivity contribution in [3.05, 3.63) is 53.1 Å². The molecule has 0 spiro atoms. The molecule has 2 aromatic heterocycles. The van der Waals surface area contributed by atoms with E-state index in [-0.39, 0.29) is 11.6 Å². The summed E-state index contributed by atoms with van der Waals surface area (Å²) >= 11 is 0. The Kier molecular flexibility index (Phi) is 4.81. The molecule has 1 atom stereocenters. The van der Waals surface area contributed by atoms with Gasteiger partial charge in [0.05, 0.1) is 11.6 Å². The number of nitriles is 1. The van der Waals surface area contributed by atoms with E-state index < -0.39 is 18.0 Å². The summed E-state index contributed by atoms with van der Waals surface area (Å²) in [5, 5.41) is 15.5.